The van der Waals surface area contributed by atoms with Gasteiger partial charge in [-0.1, -0.05) is 70.4 Å². The Morgan fingerprint density at radius 1 is 1.09 bits per heavy atom. The Labute approximate surface area is 135 Å². The lowest BCUT2D eigenvalue weighted by Gasteiger charge is -2.15. The monoisotopic (exact) mass is 308 g/mol. The van der Waals surface area contributed by atoms with Crippen molar-refractivity contribution in [3.63, 3.8) is 0 Å². The number of hydrogen-bond acceptors (Lipinski definition) is 3. The SMILES string of the molecule is CCCCCCCC(CCCCC)C(=O)Nc1cc(C)on1. The zero-order valence-electron chi connectivity index (χ0n) is 14.5. The number of aryl methyl sites for hydroxylation is 1. The van der Waals surface area contributed by atoms with E-state index in [1.807, 2.05) is 6.92 Å². The van der Waals surface area contributed by atoms with Gasteiger partial charge in [-0.05, 0) is 19.8 Å². The largest absolute Gasteiger partial charge is 0.360 e. The second-order valence-electron chi connectivity index (χ2n) is 6.21. The van der Waals surface area contributed by atoms with Crippen LogP contribution in [0.25, 0.3) is 0 Å². The van der Waals surface area contributed by atoms with Crippen LogP contribution >= 0.6 is 0 Å². The highest BCUT2D eigenvalue weighted by Gasteiger charge is 2.19. The lowest BCUT2D eigenvalue weighted by atomic mass is 9.94. The Hall–Kier alpha value is -1.32. The van der Waals surface area contributed by atoms with Crippen LogP contribution in [-0.4, -0.2) is 11.1 Å². The molecule has 0 spiro atoms. The molecule has 0 fully saturated rings. The standard InChI is InChI=1S/C18H32N2O2/c1-4-6-8-9-11-13-16(12-10-7-5-2)18(21)19-17-14-15(3)22-20-17/h14,16H,4-13H2,1-3H3,(H,19,20,21). The molecule has 1 rings (SSSR count). The van der Waals surface area contributed by atoms with Crippen molar-refractivity contribution < 1.29 is 9.32 Å². The Bertz CT molecular complexity index is 415. The summed E-state index contributed by atoms with van der Waals surface area (Å²) < 4.78 is 5.00. The van der Waals surface area contributed by atoms with Gasteiger partial charge in [-0.15, -0.1) is 0 Å². The maximum absolute atomic E-state index is 12.4. The summed E-state index contributed by atoms with van der Waals surface area (Å²) in [5.74, 6) is 1.46. The van der Waals surface area contributed by atoms with Crippen molar-refractivity contribution in [1.82, 2.24) is 5.16 Å². The van der Waals surface area contributed by atoms with Crippen LogP contribution in [0.3, 0.4) is 0 Å². The van der Waals surface area contributed by atoms with Gasteiger partial charge in [-0.2, -0.15) is 0 Å². The fraction of sp³-hybridized carbons (Fsp3) is 0.778. The molecule has 0 radical (unpaired) electrons. The summed E-state index contributed by atoms with van der Waals surface area (Å²) in [4.78, 5) is 12.4. The van der Waals surface area contributed by atoms with Gasteiger partial charge >= 0.3 is 0 Å². The fourth-order valence-electron chi connectivity index (χ4n) is 2.70. The topological polar surface area (TPSA) is 55.1 Å². The first-order chi connectivity index (χ1) is 10.7. The summed E-state index contributed by atoms with van der Waals surface area (Å²) in [7, 11) is 0. The van der Waals surface area contributed by atoms with Crippen molar-refractivity contribution in [3.8, 4) is 0 Å². The average molecular weight is 308 g/mol. The van der Waals surface area contributed by atoms with E-state index in [4.69, 9.17) is 4.52 Å². The molecule has 1 atom stereocenters. The van der Waals surface area contributed by atoms with Gasteiger partial charge in [0, 0.05) is 12.0 Å². The molecule has 126 valence electrons. The molecular formula is C18H32N2O2. The molecule has 1 heterocycles. The van der Waals surface area contributed by atoms with E-state index in [0.29, 0.717) is 5.82 Å². The molecule has 22 heavy (non-hydrogen) atoms. The number of nitrogens with one attached hydrogen (secondary N) is 1. The molecule has 4 nitrogen and oxygen atoms in total. The van der Waals surface area contributed by atoms with Gasteiger partial charge in [-0.25, -0.2) is 0 Å². The molecule has 0 bridgehead atoms. The van der Waals surface area contributed by atoms with Crippen LogP contribution < -0.4 is 5.32 Å². The van der Waals surface area contributed by atoms with Gasteiger partial charge in [0.15, 0.2) is 5.82 Å². The predicted molar refractivity (Wildman–Crippen MR) is 90.9 cm³/mol. The molecule has 1 aromatic rings. The number of amides is 1. The van der Waals surface area contributed by atoms with Crippen molar-refractivity contribution in [2.45, 2.75) is 85.0 Å². The van der Waals surface area contributed by atoms with Crippen molar-refractivity contribution in [3.05, 3.63) is 11.8 Å². The molecule has 0 aliphatic heterocycles. The summed E-state index contributed by atoms with van der Waals surface area (Å²) in [5.41, 5.74) is 0. The van der Waals surface area contributed by atoms with Gasteiger partial charge in [0.1, 0.15) is 5.76 Å². The summed E-state index contributed by atoms with van der Waals surface area (Å²) in [6.07, 6.45) is 11.7. The van der Waals surface area contributed by atoms with Gasteiger partial charge < -0.3 is 9.84 Å². The summed E-state index contributed by atoms with van der Waals surface area (Å²) in [5, 5.41) is 6.75. The quantitative estimate of drug-likeness (QED) is 0.520. The van der Waals surface area contributed by atoms with Crippen LogP contribution in [0.2, 0.25) is 0 Å². The minimum absolute atomic E-state index is 0.0971. The normalized spacial score (nSPS) is 12.3. The van der Waals surface area contributed by atoms with Crippen molar-refractivity contribution >= 4 is 11.7 Å². The smallest absolute Gasteiger partial charge is 0.228 e. The van der Waals surface area contributed by atoms with E-state index in [-0.39, 0.29) is 11.8 Å². The van der Waals surface area contributed by atoms with Gasteiger partial charge in [-0.3, -0.25) is 4.79 Å². The van der Waals surface area contributed by atoms with E-state index in [1.165, 1.54) is 38.5 Å². The molecule has 0 saturated heterocycles. The third-order valence-electron chi connectivity index (χ3n) is 4.06. The molecule has 1 N–H and O–H groups in total. The van der Waals surface area contributed by atoms with E-state index in [9.17, 15) is 4.79 Å². The maximum atomic E-state index is 12.4. The zero-order valence-corrected chi connectivity index (χ0v) is 14.5. The first-order valence-corrected chi connectivity index (χ1v) is 8.91. The number of unbranched alkanes of at least 4 members (excludes halogenated alkanes) is 6. The van der Waals surface area contributed by atoms with E-state index >= 15 is 0 Å². The molecule has 0 aromatic carbocycles. The van der Waals surface area contributed by atoms with Crippen LogP contribution in [-0.2, 0) is 4.79 Å². The molecule has 1 amide bonds. The van der Waals surface area contributed by atoms with E-state index < -0.39 is 0 Å². The number of hydrogen-bond donors (Lipinski definition) is 1. The van der Waals surface area contributed by atoms with Gasteiger partial charge in [0.25, 0.3) is 0 Å². The van der Waals surface area contributed by atoms with Crippen LogP contribution in [0, 0.1) is 12.8 Å². The lowest BCUT2D eigenvalue weighted by molar-refractivity contribution is -0.120. The van der Waals surface area contributed by atoms with E-state index in [0.717, 1.165) is 31.4 Å². The minimum Gasteiger partial charge on any atom is -0.360 e. The predicted octanol–water partition coefficient (Wildman–Crippen LogP) is 5.48. The van der Waals surface area contributed by atoms with Crippen molar-refractivity contribution in [2.24, 2.45) is 5.92 Å². The highest BCUT2D eigenvalue weighted by Crippen LogP contribution is 2.20. The van der Waals surface area contributed by atoms with Crippen molar-refractivity contribution in [1.29, 1.82) is 0 Å². The molecule has 4 heteroatoms. The number of carbonyl (C=O) groups excluding carboxylic acids is 1. The maximum Gasteiger partial charge on any atom is 0.228 e. The second-order valence-corrected chi connectivity index (χ2v) is 6.21. The first-order valence-electron chi connectivity index (χ1n) is 8.91. The Kier molecular flexibility index (Phi) is 9.60. The fourth-order valence-corrected chi connectivity index (χ4v) is 2.70. The number of anilines is 1. The summed E-state index contributed by atoms with van der Waals surface area (Å²) >= 11 is 0. The Balaban J connectivity index is 2.42. The number of nitrogens with zero attached hydrogens (tertiary/aromatic N) is 1. The molecule has 0 saturated carbocycles. The van der Waals surface area contributed by atoms with Gasteiger partial charge in [0.05, 0.1) is 0 Å². The third kappa shape index (κ3) is 7.62. The summed E-state index contributed by atoms with van der Waals surface area (Å²) in [6.45, 7) is 6.24. The lowest BCUT2D eigenvalue weighted by Crippen LogP contribution is -2.23. The highest BCUT2D eigenvalue weighted by atomic mass is 16.5. The average Bonchev–Trinajstić information content (AvgIpc) is 2.90. The minimum atomic E-state index is 0.0971. The van der Waals surface area contributed by atoms with Gasteiger partial charge in [0.2, 0.25) is 5.91 Å². The molecule has 0 aliphatic carbocycles. The Morgan fingerprint density at radius 2 is 1.68 bits per heavy atom. The second kappa shape index (κ2) is 11.3. The van der Waals surface area contributed by atoms with Crippen LogP contribution in [0.5, 0.6) is 0 Å². The highest BCUT2D eigenvalue weighted by molar-refractivity contribution is 5.91. The van der Waals surface area contributed by atoms with E-state index in [1.54, 1.807) is 6.07 Å². The molecule has 1 unspecified atom stereocenters. The first kappa shape index (κ1) is 18.7. The Morgan fingerprint density at radius 3 is 2.27 bits per heavy atom. The molecule has 0 aliphatic rings. The van der Waals surface area contributed by atoms with Crippen LogP contribution in [0.4, 0.5) is 5.82 Å². The molecule has 1 aromatic heterocycles. The van der Waals surface area contributed by atoms with Crippen LogP contribution in [0.15, 0.2) is 10.6 Å². The van der Waals surface area contributed by atoms with Crippen molar-refractivity contribution in [2.75, 3.05) is 5.32 Å². The summed E-state index contributed by atoms with van der Waals surface area (Å²) in [6, 6.07) is 1.77. The third-order valence-corrected chi connectivity index (χ3v) is 4.06. The molecular weight excluding hydrogens is 276 g/mol. The number of carbonyl (C=O) groups is 1. The number of aromatic nitrogens is 1. The van der Waals surface area contributed by atoms with E-state index in [2.05, 4.69) is 24.3 Å². The number of rotatable bonds is 12. The van der Waals surface area contributed by atoms with Crippen LogP contribution in [0.1, 0.15) is 83.8 Å². The zero-order chi connectivity index (χ0) is 16.2.